The van der Waals surface area contributed by atoms with Crippen molar-refractivity contribution in [3.8, 4) is 0 Å². The Morgan fingerprint density at radius 3 is 2.28 bits per heavy atom. The minimum absolute atomic E-state index is 0.231. The van der Waals surface area contributed by atoms with Crippen LogP contribution in [-0.4, -0.2) is 67.0 Å². The highest BCUT2D eigenvalue weighted by atomic mass is 16.2. The van der Waals surface area contributed by atoms with Crippen molar-refractivity contribution < 1.29 is 9.59 Å². The summed E-state index contributed by atoms with van der Waals surface area (Å²) in [5.74, 6) is -0.231. The van der Waals surface area contributed by atoms with Gasteiger partial charge in [0.2, 0.25) is 5.91 Å². The molecule has 1 rings (SSSR count). The minimum atomic E-state index is -0.415. The summed E-state index contributed by atoms with van der Waals surface area (Å²) in [4.78, 5) is 27.6. The van der Waals surface area contributed by atoms with Crippen LogP contribution >= 0.6 is 0 Å². The van der Waals surface area contributed by atoms with Crippen molar-refractivity contribution in [1.29, 1.82) is 0 Å². The molecule has 1 aliphatic rings. The highest BCUT2D eigenvalue weighted by Crippen LogP contribution is 2.06. The first-order valence-electron chi connectivity index (χ1n) is 6.63. The van der Waals surface area contributed by atoms with E-state index in [1.54, 1.807) is 0 Å². The van der Waals surface area contributed by atoms with Gasteiger partial charge in [-0.15, -0.1) is 0 Å². The second-order valence-electron chi connectivity index (χ2n) is 4.49. The molecule has 6 nitrogen and oxygen atoms in total. The van der Waals surface area contributed by atoms with E-state index in [9.17, 15) is 9.59 Å². The highest BCUT2D eigenvalue weighted by molar-refractivity contribution is 5.96. The normalized spacial score (nSPS) is 19.3. The third kappa shape index (κ3) is 4.27. The van der Waals surface area contributed by atoms with Gasteiger partial charge in [-0.2, -0.15) is 0 Å². The second kappa shape index (κ2) is 7.33. The first kappa shape index (κ1) is 14.9. The molecule has 1 saturated heterocycles. The van der Waals surface area contributed by atoms with Crippen LogP contribution < -0.4 is 10.6 Å². The average molecular weight is 256 g/mol. The SMILES string of the molecule is CCNC(=O)NC(=O)C(C)N1CCN(CC)CC1. The van der Waals surface area contributed by atoms with Crippen LogP contribution in [0, 0.1) is 0 Å². The van der Waals surface area contributed by atoms with Gasteiger partial charge in [0.05, 0.1) is 6.04 Å². The van der Waals surface area contributed by atoms with Gasteiger partial charge in [0, 0.05) is 32.7 Å². The summed E-state index contributed by atoms with van der Waals surface area (Å²) in [5, 5.41) is 4.91. The number of urea groups is 1. The molecule has 1 fully saturated rings. The number of carbonyl (C=O) groups is 2. The molecule has 0 aliphatic carbocycles. The van der Waals surface area contributed by atoms with Crippen LogP contribution in [0.25, 0.3) is 0 Å². The van der Waals surface area contributed by atoms with E-state index in [-0.39, 0.29) is 11.9 Å². The third-order valence-corrected chi connectivity index (χ3v) is 3.36. The first-order chi connectivity index (χ1) is 8.58. The van der Waals surface area contributed by atoms with Gasteiger partial charge in [0.25, 0.3) is 0 Å². The highest BCUT2D eigenvalue weighted by Gasteiger charge is 2.25. The molecule has 0 aromatic heterocycles. The summed E-state index contributed by atoms with van der Waals surface area (Å²) in [7, 11) is 0. The number of carbonyl (C=O) groups excluding carboxylic acids is 2. The molecule has 104 valence electrons. The summed E-state index contributed by atoms with van der Waals surface area (Å²) in [6.45, 7) is 11.1. The van der Waals surface area contributed by atoms with Crippen molar-refractivity contribution in [2.24, 2.45) is 0 Å². The lowest BCUT2D eigenvalue weighted by atomic mass is 10.2. The summed E-state index contributed by atoms with van der Waals surface area (Å²) in [6, 6.07) is -0.673. The van der Waals surface area contributed by atoms with E-state index in [0.29, 0.717) is 6.54 Å². The number of imide groups is 1. The lowest BCUT2D eigenvalue weighted by molar-refractivity contribution is -0.125. The molecule has 2 N–H and O–H groups in total. The molecule has 18 heavy (non-hydrogen) atoms. The molecule has 1 unspecified atom stereocenters. The maximum atomic E-state index is 11.9. The Labute approximate surface area is 109 Å². The first-order valence-corrected chi connectivity index (χ1v) is 6.63. The summed E-state index contributed by atoms with van der Waals surface area (Å²) < 4.78 is 0. The van der Waals surface area contributed by atoms with Crippen molar-refractivity contribution in [2.45, 2.75) is 26.8 Å². The van der Waals surface area contributed by atoms with Gasteiger partial charge in [-0.1, -0.05) is 6.92 Å². The molecule has 3 amide bonds. The largest absolute Gasteiger partial charge is 0.338 e. The maximum Gasteiger partial charge on any atom is 0.321 e. The molecular weight excluding hydrogens is 232 g/mol. The molecule has 1 atom stereocenters. The molecule has 1 heterocycles. The zero-order valence-electron chi connectivity index (χ0n) is 11.5. The quantitative estimate of drug-likeness (QED) is 0.735. The summed E-state index contributed by atoms with van der Waals surface area (Å²) >= 11 is 0. The second-order valence-corrected chi connectivity index (χ2v) is 4.49. The van der Waals surface area contributed by atoms with Crippen molar-refractivity contribution in [1.82, 2.24) is 20.4 Å². The Balaban J connectivity index is 2.37. The Morgan fingerprint density at radius 2 is 1.78 bits per heavy atom. The Bertz CT molecular complexity index is 288. The maximum absolute atomic E-state index is 11.9. The van der Waals surface area contributed by atoms with E-state index < -0.39 is 6.03 Å². The Morgan fingerprint density at radius 1 is 1.17 bits per heavy atom. The molecule has 0 saturated carbocycles. The van der Waals surface area contributed by atoms with E-state index in [0.717, 1.165) is 32.7 Å². The fourth-order valence-electron chi connectivity index (χ4n) is 2.05. The molecule has 6 heteroatoms. The number of likely N-dealkylation sites (N-methyl/N-ethyl adjacent to an activating group) is 1. The third-order valence-electron chi connectivity index (χ3n) is 3.36. The van der Waals surface area contributed by atoms with Gasteiger partial charge in [-0.25, -0.2) is 4.79 Å². The molecule has 0 aromatic rings. The zero-order chi connectivity index (χ0) is 13.5. The van der Waals surface area contributed by atoms with Crippen molar-refractivity contribution in [2.75, 3.05) is 39.3 Å². The predicted octanol–water partition coefficient (Wildman–Crippen LogP) is -0.142. The minimum Gasteiger partial charge on any atom is -0.338 e. The van der Waals surface area contributed by atoms with Crippen molar-refractivity contribution in [3.05, 3.63) is 0 Å². The van der Waals surface area contributed by atoms with E-state index >= 15 is 0 Å². The molecule has 1 aliphatic heterocycles. The Hall–Kier alpha value is -1.14. The van der Waals surface area contributed by atoms with Gasteiger partial charge >= 0.3 is 6.03 Å². The zero-order valence-corrected chi connectivity index (χ0v) is 11.5. The standard InChI is InChI=1S/C12H24N4O2/c1-4-13-12(18)14-11(17)10(3)16-8-6-15(5-2)7-9-16/h10H,4-9H2,1-3H3,(H2,13,14,17,18). The molecule has 0 radical (unpaired) electrons. The van der Waals surface area contributed by atoms with Gasteiger partial charge in [0.15, 0.2) is 0 Å². The van der Waals surface area contributed by atoms with Gasteiger partial charge < -0.3 is 10.2 Å². The van der Waals surface area contributed by atoms with Crippen molar-refractivity contribution in [3.63, 3.8) is 0 Å². The number of amides is 3. The number of piperazine rings is 1. The van der Waals surface area contributed by atoms with Crippen molar-refractivity contribution >= 4 is 11.9 Å². The topological polar surface area (TPSA) is 64.7 Å². The number of rotatable bonds is 4. The molecular formula is C12H24N4O2. The number of hydrogen-bond donors (Lipinski definition) is 2. The molecule has 0 spiro atoms. The number of hydrogen-bond acceptors (Lipinski definition) is 4. The van der Waals surface area contributed by atoms with E-state index in [2.05, 4.69) is 27.4 Å². The predicted molar refractivity (Wildman–Crippen MR) is 70.4 cm³/mol. The van der Waals surface area contributed by atoms with Crippen LogP contribution in [0.4, 0.5) is 4.79 Å². The fraction of sp³-hybridized carbons (Fsp3) is 0.833. The lowest BCUT2D eigenvalue weighted by Crippen LogP contribution is -2.55. The smallest absolute Gasteiger partial charge is 0.321 e. The van der Waals surface area contributed by atoms with Crippen LogP contribution in [0.15, 0.2) is 0 Å². The van der Waals surface area contributed by atoms with E-state index in [1.807, 2.05) is 13.8 Å². The van der Waals surface area contributed by atoms with Gasteiger partial charge in [0.1, 0.15) is 0 Å². The summed E-state index contributed by atoms with van der Waals surface area (Å²) in [5.41, 5.74) is 0. The van der Waals surface area contributed by atoms with E-state index in [1.165, 1.54) is 0 Å². The van der Waals surface area contributed by atoms with Crippen LogP contribution in [0.5, 0.6) is 0 Å². The average Bonchev–Trinajstić information content (AvgIpc) is 2.38. The van der Waals surface area contributed by atoms with Crippen LogP contribution in [0.1, 0.15) is 20.8 Å². The van der Waals surface area contributed by atoms with Gasteiger partial charge in [-0.3, -0.25) is 15.0 Å². The Kier molecular flexibility index (Phi) is 6.07. The monoisotopic (exact) mass is 256 g/mol. The summed E-state index contributed by atoms with van der Waals surface area (Å²) in [6.07, 6.45) is 0. The molecule has 0 bridgehead atoms. The number of nitrogens with one attached hydrogen (secondary N) is 2. The van der Waals surface area contributed by atoms with Crippen LogP contribution in [0.3, 0.4) is 0 Å². The molecule has 0 aromatic carbocycles. The van der Waals surface area contributed by atoms with Crippen LogP contribution in [0.2, 0.25) is 0 Å². The number of nitrogens with zero attached hydrogens (tertiary/aromatic N) is 2. The lowest BCUT2D eigenvalue weighted by Gasteiger charge is -2.36. The van der Waals surface area contributed by atoms with Crippen LogP contribution in [-0.2, 0) is 4.79 Å². The fourth-order valence-corrected chi connectivity index (χ4v) is 2.05. The van der Waals surface area contributed by atoms with Gasteiger partial charge in [-0.05, 0) is 20.4 Å². The van der Waals surface area contributed by atoms with E-state index in [4.69, 9.17) is 0 Å².